The summed E-state index contributed by atoms with van der Waals surface area (Å²) in [7, 11) is 2.57. The summed E-state index contributed by atoms with van der Waals surface area (Å²) in [6, 6.07) is 7.52. The third-order valence-corrected chi connectivity index (χ3v) is 5.83. The molecule has 0 bridgehead atoms. The molecule has 0 saturated heterocycles. The number of amides is 1. The Labute approximate surface area is 267 Å². The van der Waals surface area contributed by atoms with Gasteiger partial charge in [0, 0.05) is 24.7 Å². The number of methoxy groups -OCH3 is 2. The molecule has 0 radical (unpaired) electrons. The smallest absolute Gasteiger partial charge is 0.358 e. The summed E-state index contributed by atoms with van der Waals surface area (Å²) >= 11 is 16.7. The fraction of sp³-hybridized carbons (Fsp3) is 0.0870. The van der Waals surface area contributed by atoms with Crippen molar-refractivity contribution in [2.45, 2.75) is 0 Å². The summed E-state index contributed by atoms with van der Waals surface area (Å²) < 4.78 is 11.1. The number of aromatic nitrogens is 3. The average molecular weight is 693 g/mol. The number of aromatic amines is 1. The van der Waals surface area contributed by atoms with Crippen molar-refractivity contribution in [2.75, 3.05) is 25.9 Å². The SMILES string of the molecule is COC(=O)c1[nH]ccc1Cl.COC(=O)c1c(Cl)ccn1N.NC(=O)c1c(Cl)ccn1N.NOc1ccc([N+](=O)[O-])cc1[N+](=O)[O-]. The molecular weight excluding hydrogens is 669 g/mol. The molecule has 4 rings (SSSR count). The normalized spacial score (nSPS) is 9.56. The molecule has 4 aromatic rings. The number of H-pyrrole nitrogens is 1. The maximum Gasteiger partial charge on any atom is 0.358 e. The predicted molar refractivity (Wildman–Crippen MR) is 161 cm³/mol. The molecule has 0 aliphatic rings. The number of ether oxygens (including phenoxy) is 2. The number of nitrogens with one attached hydrogen (secondary N) is 1. The molecule has 22 heteroatoms. The van der Waals surface area contributed by atoms with E-state index in [1.165, 1.54) is 38.7 Å². The maximum absolute atomic E-state index is 10.9. The molecule has 0 spiro atoms. The summed E-state index contributed by atoms with van der Waals surface area (Å²) in [5.74, 6) is 13.5. The van der Waals surface area contributed by atoms with Crippen LogP contribution in [0.1, 0.15) is 31.5 Å². The molecule has 242 valence electrons. The zero-order chi connectivity index (χ0) is 34.4. The van der Waals surface area contributed by atoms with E-state index in [0.29, 0.717) is 15.7 Å². The number of nitrogen functional groups attached to an aromatic ring is 2. The number of halogens is 3. The molecule has 3 aromatic heterocycles. The number of hydrogen-bond acceptors (Lipinski definition) is 13. The van der Waals surface area contributed by atoms with Crippen LogP contribution in [-0.2, 0) is 9.47 Å². The van der Waals surface area contributed by atoms with Gasteiger partial charge in [0.2, 0.25) is 5.75 Å². The molecule has 19 nitrogen and oxygen atoms in total. The Hall–Kier alpha value is -5.50. The van der Waals surface area contributed by atoms with Gasteiger partial charge < -0.3 is 36.7 Å². The lowest BCUT2D eigenvalue weighted by atomic mass is 10.2. The molecule has 3 heterocycles. The summed E-state index contributed by atoms with van der Waals surface area (Å²) in [4.78, 5) is 58.2. The highest BCUT2D eigenvalue weighted by molar-refractivity contribution is 6.34. The van der Waals surface area contributed by atoms with Crippen molar-refractivity contribution in [3.8, 4) is 5.75 Å². The minimum absolute atomic E-state index is 0.127. The van der Waals surface area contributed by atoms with Crippen molar-refractivity contribution in [3.05, 3.63) is 107 Å². The molecule has 1 aromatic carbocycles. The number of hydrogen-bond donors (Lipinski definition) is 5. The number of esters is 2. The Balaban J connectivity index is 0.000000303. The van der Waals surface area contributed by atoms with Crippen LogP contribution in [0, 0.1) is 20.2 Å². The van der Waals surface area contributed by atoms with E-state index in [0.717, 1.165) is 27.6 Å². The van der Waals surface area contributed by atoms with Crippen LogP contribution in [0.4, 0.5) is 11.4 Å². The minimum Gasteiger partial charge on any atom is -0.464 e. The standard InChI is InChI=1S/C6H7ClN2O2.C6H6ClNO2.C6H5N3O5.C5H6ClN3O/c1-11-6(10)5-4(7)2-3-9(5)8;1-10-6(9)5-4(7)2-3-8-5;7-14-6-2-1-4(8(10)11)3-5(6)9(12)13;6-3-1-2-9(8)4(3)5(7)10/h2-3H,8H2,1H3;2-3,8H,1H3;1-3H,7H2;1-2H,8H2,(H2,7,10). The van der Waals surface area contributed by atoms with Crippen LogP contribution in [-0.4, -0.2) is 56.2 Å². The molecule has 0 unspecified atom stereocenters. The van der Waals surface area contributed by atoms with Crippen LogP contribution in [0.15, 0.2) is 55.0 Å². The third kappa shape index (κ3) is 10.6. The van der Waals surface area contributed by atoms with E-state index >= 15 is 0 Å². The van der Waals surface area contributed by atoms with E-state index in [4.69, 9.17) is 58.1 Å². The first-order valence-corrected chi connectivity index (χ1v) is 12.6. The minimum atomic E-state index is -0.810. The first-order chi connectivity index (χ1) is 21.1. The first kappa shape index (κ1) is 37.5. The van der Waals surface area contributed by atoms with Crippen LogP contribution in [0.5, 0.6) is 5.75 Å². The zero-order valence-electron chi connectivity index (χ0n) is 23.0. The zero-order valence-corrected chi connectivity index (χ0v) is 25.3. The van der Waals surface area contributed by atoms with Crippen molar-refractivity contribution in [1.82, 2.24) is 14.3 Å². The number of rotatable bonds is 6. The van der Waals surface area contributed by atoms with Crippen molar-refractivity contribution < 1.29 is 38.5 Å². The van der Waals surface area contributed by atoms with E-state index in [1.807, 2.05) is 0 Å². The predicted octanol–water partition coefficient (Wildman–Crippen LogP) is 2.81. The molecule has 45 heavy (non-hydrogen) atoms. The summed E-state index contributed by atoms with van der Waals surface area (Å²) in [6.45, 7) is 0. The lowest BCUT2D eigenvalue weighted by Gasteiger charge is -2.00. The van der Waals surface area contributed by atoms with E-state index in [1.54, 1.807) is 12.3 Å². The highest BCUT2D eigenvalue weighted by Gasteiger charge is 2.20. The first-order valence-electron chi connectivity index (χ1n) is 11.4. The van der Waals surface area contributed by atoms with Gasteiger partial charge in [0.05, 0.1) is 45.2 Å². The highest BCUT2D eigenvalue weighted by Crippen LogP contribution is 2.29. The van der Waals surface area contributed by atoms with Crippen LogP contribution in [0.3, 0.4) is 0 Å². The van der Waals surface area contributed by atoms with Crippen LogP contribution in [0.2, 0.25) is 15.1 Å². The average Bonchev–Trinajstić information content (AvgIpc) is 3.69. The Morgan fingerprint density at radius 1 is 0.822 bits per heavy atom. The van der Waals surface area contributed by atoms with Gasteiger partial charge in [-0.05, 0) is 24.3 Å². The molecule has 9 N–H and O–H groups in total. The second-order valence-corrected chi connectivity index (χ2v) is 8.89. The molecular formula is C23H24Cl3N9O10. The molecule has 0 aliphatic heterocycles. The number of primary amides is 1. The van der Waals surface area contributed by atoms with Gasteiger partial charge in [-0.2, -0.15) is 5.90 Å². The van der Waals surface area contributed by atoms with Crippen molar-refractivity contribution in [1.29, 1.82) is 0 Å². The second-order valence-electron chi connectivity index (χ2n) is 7.67. The van der Waals surface area contributed by atoms with Gasteiger partial charge in [-0.3, -0.25) is 34.4 Å². The number of nitrogens with zero attached hydrogens (tertiary/aromatic N) is 4. The Bertz CT molecular complexity index is 1630. The molecule has 0 aliphatic carbocycles. The van der Waals surface area contributed by atoms with E-state index < -0.39 is 39.1 Å². The summed E-state index contributed by atoms with van der Waals surface area (Å²) in [6.07, 6.45) is 4.52. The van der Waals surface area contributed by atoms with Crippen LogP contribution < -0.4 is 28.2 Å². The van der Waals surface area contributed by atoms with E-state index in [2.05, 4.69) is 19.3 Å². The number of carbonyl (C=O) groups is 3. The van der Waals surface area contributed by atoms with Gasteiger partial charge >= 0.3 is 17.6 Å². The van der Waals surface area contributed by atoms with Gasteiger partial charge in [-0.15, -0.1) is 0 Å². The fourth-order valence-electron chi connectivity index (χ4n) is 2.86. The topological polar surface area (TPSA) is 295 Å². The van der Waals surface area contributed by atoms with Crippen molar-refractivity contribution >= 4 is 64.0 Å². The number of benzene rings is 1. The summed E-state index contributed by atoms with van der Waals surface area (Å²) in [5, 5.41) is 21.6. The molecule has 0 saturated carbocycles. The second kappa shape index (κ2) is 17.6. The quantitative estimate of drug-likeness (QED) is 0.0841. The molecule has 0 fully saturated rings. The largest absolute Gasteiger partial charge is 0.464 e. The molecule has 0 atom stereocenters. The fourth-order valence-corrected chi connectivity index (χ4v) is 3.53. The number of non-ortho nitro benzene ring substituents is 1. The number of nitro benzene ring substituents is 2. The van der Waals surface area contributed by atoms with E-state index in [-0.39, 0.29) is 22.2 Å². The van der Waals surface area contributed by atoms with Gasteiger partial charge in [0.25, 0.3) is 11.6 Å². The highest BCUT2D eigenvalue weighted by atomic mass is 35.5. The van der Waals surface area contributed by atoms with Gasteiger partial charge in [-0.25, -0.2) is 9.59 Å². The monoisotopic (exact) mass is 691 g/mol. The third-order valence-electron chi connectivity index (χ3n) is 4.91. The maximum atomic E-state index is 10.9. The Kier molecular flexibility index (Phi) is 14.7. The summed E-state index contributed by atoms with van der Waals surface area (Å²) in [5.41, 5.74) is 4.59. The number of nitrogens with two attached hydrogens (primary N) is 4. The lowest BCUT2D eigenvalue weighted by molar-refractivity contribution is -0.394. The van der Waals surface area contributed by atoms with Crippen molar-refractivity contribution in [2.24, 2.45) is 11.6 Å². The van der Waals surface area contributed by atoms with Gasteiger partial charge in [-0.1, -0.05) is 34.8 Å². The van der Waals surface area contributed by atoms with E-state index in [9.17, 15) is 34.6 Å². The van der Waals surface area contributed by atoms with Gasteiger partial charge in [0.1, 0.15) is 11.4 Å². The Morgan fingerprint density at radius 2 is 1.36 bits per heavy atom. The van der Waals surface area contributed by atoms with Gasteiger partial charge in [0.15, 0.2) is 5.69 Å². The molecule has 1 amide bonds. The Morgan fingerprint density at radius 3 is 1.69 bits per heavy atom. The van der Waals surface area contributed by atoms with Crippen molar-refractivity contribution in [3.63, 3.8) is 0 Å². The number of carbonyl (C=O) groups excluding carboxylic acids is 3. The lowest BCUT2D eigenvalue weighted by Crippen LogP contribution is -2.21. The number of nitro groups is 2. The van der Waals surface area contributed by atoms with Crippen LogP contribution >= 0.6 is 34.8 Å². The van der Waals surface area contributed by atoms with Crippen LogP contribution in [0.25, 0.3) is 0 Å².